The second-order valence-electron chi connectivity index (χ2n) is 5.47. The summed E-state index contributed by atoms with van der Waals surface area (Å²) in [6.07, 6.45) is 0.817. The first-order valence-electron chi connectivity index (χ1n) is 6.32. The van der Waals surface area contributed by atoms with Crippen LogP contribution in [0.25, 0.3) is 0 Å². The maximum Gasteiger partial charge on any atom is 0.150 e. The number of hydrogen-bond acceptors (Lipinski definition) is 4. The van der Waals surface area contributed by atoms with Crippen LogP contribution in [0.15, 0.2) is 18.2 Å². The maximum absolute atomic E-state index is 11.4. The predicted octanol–water partition coefficient (Wildman–Crippen LogP) is 1.02. The van der Waals surface area contributed by atoms with E-state index in [1.807, 2.05) is 12.1 Å². The molecule has 3 rings (SSSR count). The molecule has 2 aliphatic rings. The lowest BCUT2D eigenvalue weighted by Crippen LogP contribution is -2.25. The Morgan fingerprint density at radius 3 is 2.78 bits per heavy atom. The van der Waals surface area contributed by atoms with Gasteiger partial charge in [0.05, 0.1) is 11.5 Å². The summed E-state index contributed by atoms with van der Waals surface area (Å²) < 4.78 is 22.9. The van der Waals surface area contributed by atoms with E-state index < -0.39 is 9.84 Å². The molecule has 1 fully saturated rings. The highest BCUT2D eigenvalue weighted by Crippen LogP contribution is 2.27. The molecule has 2 N–H and O–H groups in total. The van der Waals surface area contributed by atoms with Crippen LogP contribution in [0.2, 0.25) is 0 Å². The molecule has 0 amide bonds. The molecule has 1 unspecified atom stereocenters. The van der Waals surface area contributed by atoms with Crippen molar-refractivity contribution in [3.05, 3.63) is 29.3 Å². The zero-order valence-corrected chi connectivity index (χ0v) is 11.1. The molecule has 0 spiro atoms. The van der Waals surface area contributed by atoms with E-state index in [0.717, 1.165) is 31.7 Å². The number of nitrogens with two attached hydrogens (primary N) is 1. The van der Waals surface area contributed by atoms with Crippen LogP contribution in [0.5, 0.6) is 0 Å². The van der Waals surface area contributed by atoms with E-state index in [2.05, 4.69) is 11.0 Å². The molecule has 1 aromatic rings. The van der Waals surface area contributed by atoms with Crippen molar-refractivity contribution >= 4 is 15.5 Å². The van der Waals surface area contributed by atoms with E-state index in [9.17, 15) is 8.42 Å². The summed E-state index contributed by atoms with van der Waals surface area (Å²) in [7, 11) is -2.76. The molecule has 18 heavy (non-hydrogen) atoms. The largest absolute Gasteiger partial charge is 0.399 e. The van der Waals surface area contributed by atoms with Gasteiger partial charge in [-0.1, -0.05) is 6.07 Å². The number of nitrogen functional groups attached to an aromatic ring is 1. The average Bonchev–Trinajstić information content (AvgIpc) is 2.81. The second-order valence-corrected chi connectivity index (χ2v) is 7.70. The molecule has 2 aliphatic heterocycles. The molecule has 98 valence electrons. The normalized spacial score (nSPS) is 26.3. The van der Waals surface area contributed by atoms with E-state index >= 15 is 0 Å². The minimum absolute atomic E-state index is 0.307. The van der Waals surface area contributed by atoms with Crippen LogP contribution in [-0.4, -0.2) is 31.4 Å². The number of sulfone groups is 1. The molecule has 1 saturated heterocycles. The first kappa shape index (κ1) is 12.0. The molecule has 4 nitrogen and oxygen atoms in total. The van der Waals surface area contributed by atoms with Gasteiger partial charge < -0.3 is 5.73 Å². The molecule has 0 aromatic heterocycles. The smallest absolute Gasteiger partial charge is 0.150 e. The lowest BCUT2D eigenvalue weighted by atomic mass is 10.1. The summed E-state index contributed by atoms with van der Waals surface area (Å²) >= 11 is 0. The van der Waals surface area contributed by atoms with Gasteiger partial charge in [0.2, 0.25) is 0 Å². The Labute approximate surface area is 108 Å². The SMILES string of the molecule is Nc1ccc2c(c1)CN(CC1CCS(=O)(=O)C1)C2. The summed E-state index contributed by atoms with van der Waals surface area (Å²) in [6.45, 7) is 2.71. The Balaban J connectivity index is 1.65. The van der Waals surface area contributed by atoms with E-state index in [1.54, 1.807) is 0 Å². The monoisotopic (exact) mass is 266 g/mol. The van der Waals surface area contributed by atoms with Crippen molar-refractivity contribution in [1.82, 2.24) is 4.90 Å². The number of anilines is 1. The van der Waals surface area contributed by atoms with Gasteiger partial charge in [0.15, 0.2) is 9.84 Å². The zero-order chi connectivity index (χ0) is 12.8. The molecule has 0 radical (unpaired) electrons. The highest BCUT2D eigenvalue weighted by molar-refractivity contribution is 7.91. The lowest BCUT2D eigenvalue weighted by molar-refractivity contribution is 0.246. The zero-order valence-electron chi connectivity index (χ0n) is 10.3. The molecular weight excluding hydrogens is 248 g/mol. The highest BCUT2D eigenvalue weighted by atomic mass is 32.2. The fourth-order valence-corrected chi connectivity index (χ4v) is 4.84. The van der Waals surface area contributed by atoms with E-state index in [1.165, 1.54) is 11.1 Å². The number of benzene rings is 1. The van der Waals surface area contributed by atoms with Crippen LogP contribution in [0.1, 0.15) is 17.5 Å². The molecule has 0 aliphatic carbocycles. The van der Waals surface area contributed by atoms with Crippen molar-refractivity contribution in [3.8, 4) is 0 Å². The van der Waals surface area contributed by atoms with Crippen LogP contribution in [-0.2, 0) is 22.9 Å². The summed E-state index contributed by atoms with van der Waals surface area (Å²) in [5.41, 5.74) is 9.19. The number of nitrogens with zero attached hydrogens (tertiary/aromatic N) is 1. The van der Waals surface area contributed by atoms with Gasteiger partial charge in [-0.25, -0.2) is 8.42 Å². The van der Waals surface area contributed by atoms with Gasteiger partial charge in [-0.3, -0.25) is 4.90 Å². The summed E-state index contributed by atoms with van der Waals surface area (Å²) in [5, 5.41) is 0. The summed E-state index contributed by atoms with van der Waals surface area (Å²) in [5.74, 6) is 1.04. The third-order valence-corrected chi connectivity index (χ3v) is 5.70. The highest BCUT2D eigenvalue weighted by Gasteiger charge is 2.30. The predicted molar refractivity (Wildman–Crippen MR) is 71.7 cm³/mol. The first-order chi connectivity index (χ1) is 8.52. The van der Waals surface area contributed by atoms with Crippen molar-refractivity contribution in [2.24, 2.45) is 5.92 Å². The Morgan fingerprint density at radius 2 is 2.06 bits per heavy atom. The molecule has 5 heteroatoms. The maximum atomic E-state index is 11.4. The van der Waals surface area contributed by atoms with Gasteiger partial charge in [-0.15, -0.1) is 0 Å². The van der Waals surface area contributed by atoms with Gasteiger partial charge in [0.25, 0.3) is 0 Å². The standard InChI is InChI=1S/C13H18N2O2S/c14-13-2-1-11-7-15(8-12(11)5-13)6-10-3-4-18(16,17)9-10/h1-2,5,10H,3-4,6-9,14H2. The van der Waals surface area contributed by atoms with E-state index in [-0.39, 0.29) is 0 Å². The summed E-state index contributed by atoms with van der Waals surface area (Å²) in [6, 6.07) is 6.04. The van der Waals surface area contributed by atoms with Gasteiger partial charge in [-0.05, 0) is 35.6 Å². The van der Waals surface area contributed by atoms with Crippen LogP contribution in [0, 0.1) is 5.92 Å². The minimum Gasteiger partial charge on any atom is -0.399 e. The molecule has 2 heterocycles. The van der Waals surface area contributed by atoms with Crippen LogP contribution >= 0.6 is 0 Å². The van der Waals surface area contributed by atoms with Gasteiger partial charge in [0.1, 0.15) is 0 Å². The number of rotatable bonds is 2. The molecule has 0 bridgehead atoms. The molecule has 1 atom stereocenters. The third-order valence-electron chi connectivity index (χ3n) is 3.86. The van der Waals surface area contributed by atoms with Crippen molar-refractivity contribution in [3.63, 3.8) is 0 Å². The lowest BCUT2D eigenvalue weighted by Gasteiger charge is -2.18. The summed E-state index contributed by atoms with van der Waals surface area (Å²) in [4.78, 5) is 2.33. The topological polar surface area (TPSA) is 63.4 Å². The molecule has 1 aromatic carbocycles. The second kappa shape index (κ2) is 4.24. The Morgan fingerprint density at radius 1 is 1.28 bits per heavy atom. The fraction of sp³-hybridized carbons (Fsp3) is 0.538. The van der Waals surface area contributed by atoms with Gasteiger partial charge >= 0.3 is 0 Å². The van der Waals surface area contributed by atoms with Crippen LogP contribution in [0.3, 0.4) is 0 Å². The Hall–Kier alpha value is -1.07. The Bertz CT molecular complexity index is 568. The van der Waals surface area contributed by atoms with Gasteiger partial charge in [0, 0.05) is 25.3 Å². The van der Waals surface area contributed by atoms with E-state index in [0.29, 0.717) is 17.4 Å². The van der Waals surface area contributed by atoms with Crippen molar-refractivity contribution < 1.29 is 8.42 Å². The van der Waals surface area contributed by atoms with Gasteiger partial charge in [-0.2, -0.15) is 0 Å². The third kappa shape index (κ3) is 2.37. The quantitative estimate of drug-likeness (QED) is 0.812. The molecular formula is C13H18N2O2S. The fourth-order valence-electron chi connectivity index (χ4n) is 3.00. The first-order valence-corrected chi connectivity index (χ1v) is 8.14. The number of fused-ring (bicyclic) bond motifs is 1. The van der Waals surface area contributed by atoms with Crippen LogP contribution in [0.4, 0.5) is 5.69 Å². The van der Waals surface area contributed by atoms with Crippen molar-refractivity contribution in [2.75, 3.05) is 23.8 Å². The Kier molecular flexibility index (Phi) is 2.83. The van der Waals surface area contributed by atoms with E-state index in [4.69, 9.17) is 5.73 Å². The minimum atomic E-state index is -2.76. The van der Waals surface area contributed by atoms with Crippen molar-refractivity contribution in [1.29, 1.82) is 0 Å². The average molecular weight is 266 g/mol. The van der Waals surface area contributed by atoms with Crippen molar-refractivity contribution in [2.45, 2.75) is 19.5 Å². The number of hydrogen-bond donors (Lipinski definition) is 1. The van der Waals surface area contributed by atoms with Crippen LogP contribution < -0.4 is 5.73 Å². The molecule has 0 saturated carbocycles.